The molecule has 0 aliphatic carbocycles. The summed E-state index contributed by atoms with van der Waals surface area (Å²) < 4.78 is 0. The van der Waals surface area contributed by atoms with Crippen molar-refractivity contribution < 1.29 is 0 Å². The largest absolute Gasteiger partial charge is 0.326 e. The van der Waals surface area contributed by atoms with Crippen LogP contribution in [-0.2, 0) is 13.1 Å². The first-order chi connectivity index (χ1) is 8.22. The smallest absolute Gasteiger partial charge is 0.0205 e. The SMILES string of the molecule is CC(C)CCCCNCc1ccc(CN)cc1. The van der Waals surface area contributed by atoms with E-state index in [-0.39, 0.29) is 0 Å². The van der Waals surface area contributed by atoms with Crippen LogP contribution < -0.4 is 11.1 Å². The van der Waals surface area contributed by atoms with Crippen LogP contribution in [0.1, 0.15) is 44.2 Å². The van der Waals surface area contributed by atoms with Crippen molar-refractivity contribution in [2.45, 2.75) is 46.2 Å². The number of nitrogens with two attached hydrogens (primary N) is 1. The zero-order chi connectivity index (χ0) is 12.5. The van der Waals surface area contributed by atoms with Gasteiger partial charge in [0, 0.05) is 13.1 Å². The third kappa shape index (κ3) is 6.44. The molecule has 0 atom stereocenters. The quantitative estimate of drug-likeness (QED) is 0.678. The number of hydrogen-bond acceptors (Lipinski definition) is 2. The highest BCUT2D eigenvalue weighted by Crippen LogP contribution is 2.06. The lowest BCUT2D eigenvalue weighted by atomic mass is 10.1. The van der Waals surface area contributed by atoms with Gasteiger partial charge in [-0.05, 0) is 30.0 Å². The maximum atomic E-state index is 5.56. The first kappa shape index (κ1) is 14.2. The van der Waals surface area contributed by atoms with E-state index in [4.69, 9.17) is 5.73 Å². The van der Waals surface area contributed by atoms with E-state index in [1.54, 1.807) is 0 Å². The molecule has 0 amide bonds. The Kier molecular flexibility index (Phi) is 6.90. The molecule has 0 saturated heterocycles. The molecule has 1 rings (SSSR count). The summed E-state index contributed by atoms with van der Waals surface area (Å²) in [5.74, 6) is 0.832. The molecule has 0 spiro atoms. The summed E-state index contributed by atoms with van der Waals surface area (Å²) in [4.78, 5) is 0. The van der Waals surface area contributed by atoms with Crippen molar-refractivity contribution in [3.63, 3.8) is 0 Å². The second-order valence-corrected chi connectivity index (χ2v) is 5.09. The topological polar surface area (TPSA) is 38.0 Å². The van der Waals surface area contributed by atoms with Crippen molar-refractivity contribution in [2.75, 3.05) is 6.54 Å². The molecule has 0 aliphatic rings. The fourth-order valence-corrected chi connectivity index (χ4v) is 1.83. The van der Waals surface area contributed by atoms with Crippen LogP contribution in [0.25, 0.3) is 0 Å². The van der Waals surface area contributed by atoms with Crippen molar-refractivity contribution >= 4 is 0 Å². The molecule has 17 heavy (non-hydrogen) atoms. The molecule has 0 aliphatic heterocycles. The van der Waals surface area contributed by atoms with E-state index in [1.165, 1.54) is 30.4 Å². The molecule has 0 heterocycles. The van der Waals surface area contributed by atoms with Gasteiger partial charge in [0.1, 0.15) is 0 Å². The number of nitrogens with one attached hydrogen (secondary N) is 1. The lowest BCUT2D eigenvalue weighted by molar-refractivity contribution is 0.520. The lowest BCUT2D eigenvalue weighted by Crippen LogP contribution is -2.14. The normalized spacial score (nSPS) is 11.1. The molecule has 0 radical (unpaired) electrons. The molecule has 2 nitrogen and oxygen atoms in total. The lowest BCUT2D eigenvalue weighted by Gasteiger charge is -2.07. The molecular weight excluding hydrogens is 208 g/mol. The molecular formula is C15H26N2. The van der Waals surface area contributed by atoms with Crippen LogP contribution in [-0.4, -0.2) is 6.54 Å². The fraction of sp³-hybridized carbons (Fsp3) is 0.600. The maximum absolute atomic E-state index is 5.56. The minimum Gasteiger partial charge on any atom is -0.326 e. The fourth-order valence-electron chi connectivity index (χ4n) is 1.83. The predicted molar refractivity (Wildman–Crippen MR) is 74.7 cm³/mol. The maximum Gasteiger partial charge on any atom is 0.0205 e. The number of rotatable bonds is 8. The summed E-state index contributed by atoms with van der Waals surface area (Å²) in [7, 11) is 0. The van der Waals surface area contributed by atoms with Crippen molar-refractivity contribution in [1.29, 1.82) is 0 Å². The Labute approximate surface area is 106 Å². The second kappa shape index (κ2) is 8.26. The molecule has 0 saturated carbocycles. The zero-order valence-electron chi connectivity index (χ0n) is 11.2. The highest BCUT2D eigenvalue weighted by atomic mass is 14.8. The predicted octanol–water partition coefficient (Wildman–Crippen LogP) is 3.06. The summed E-state index contributed by atoms with van der Waals surface area (Å²) in [6.45, 7) is 7.28. The van der Waals surface area contributed by atoms with Crippen molar-refractivity contribution in [1.82, 2.24) is 5.32 Å². The molecule has 96 valence electrons. The molecule has 3 N–H and O–H groups in total. The van der Waals surface area contributed by atoms with E-state index in [2.05, 4.69) is 43.4 Å². The Morgan fingerprint density at radius 2 is 1.71 bits per heavy atom. The number of unbranched alkanes of at least 4 members (excludes halogenated alkanes) is 1. The van der Waals surface area contributed by atoms with Crippen LogP contribution in [0.4, 0.5) is 0 Å². The minimum atomic E-state index is 0.628. The highest BCUT2D eigenvalue weighted by molar-refractivity contribution is 5.22. The van der Waals surface area contributed by atoms with Crippen LogP contribution >= 0.6 is 0 Å². The Balaban J connectivity index is 2.09. The van der Waals surface area contributed by atoms with E-state index in [9.17, 15) is 0 Å². The van der Waals surface area contributed by atoms with Crippen LogP contribution in [0.3, 0.4) is 0 Å². The highest BCUT2D eigenvalue weighted by Gasteiger charge is 1.95. The summed E-state index contributed by atoms with van der Waals surface area (Å²) in [5, 5.41) is 3.48. The molecule has 0 aromatic heterocycles. The Morgan fingerprint density at radius 1 is 1.06 bits per heavy atom. The van der Waals surface area contributed by atoms with Crippen molar-refractivity contribution in [2.24, 2.45) is 11.7 Å². The molecule has 0 bridgehead atoms. The van der Waals surface area contributed by atoms with Gasteiger partial charge in [-0.3, -0.25) is 0 Å². The van der Waals surface area contributed by atoms with Crippen LogP contribution in [0.5, 0.6) is 0 Å². The van der Waals surface area contributed by atoms with Crippen LogP contribution in [0, 0.1) is 5.92 Å². The van der Waals surface area contributed by atoms with Gasteiger partial charge in [0.25, 0.3) is 0 Å². The van der Waals surface area contributed by atoms with Gasteiger partial charge < -0.3 is 11.1 Å². The van der Waals surface area contributed by atoms with Gasteiger partial charge in [-0.15, -0.1) is 0 Å². The van der Waals surface area contributed by atoms with E-state index in [0.717, 1.165) is 19.0 Å². The third-order valence-corrected chi connectivity index (χ3v) is 2.97. The molecule has 1 aromatic carbocycles. The van der Waals surface area contributed by atoms with Gasteiger partial charge in [-0.1, -0.05) is 51.0 Å². The second-order valence-electron chi connectivity index (χ2n) is 5.09. The molecule has 2 heteroatoms. The third-order valence-electron chi connectivity index (χ3n) is 2.97. The first-order valence-corrected chi connectivity index (χ1v) is 6.71. The van der Waals surface area contributed by atoms with Crippen molar-refractivity contribution in [3.05, 3.63) is 35.4 Å². The average Bonchev–Trinajstić information content (AvgIpc) is 2.34. The summed E-state index contributed by atoms with van der Waals surface area (Å²) in [6, 6.07) is 8.53. The van der Waals surface area contributed by atoms with Crippen LogP contribution in [0.2, 0.25) is 0 Å². The standard InChI is InChI=1S/C15H26N2/c1-13(2)5-3-4-10-17-12-15-8-6-14(11-16)7-9-15/h6-9,13,17H,3-5,10-12,16H2,1-2H3. The Bertz CT molecular complexity index is 290. The summed E-state index contributed by atoms with van der Waals surface area (Å²) in [6.07, 6.45) is 3.95. The Hall–Kier alpha value is -0.860. The Morgan fingerprint density at radius 3 is 2.29 bits per heavy atom. The number of benzene rings is 1. The van der Waals surface area contributed by atoms with Gasteiger partial charge in [-0.25, -0.2) is 0 Å². The van der Waals surface area contributed by atoms with Gasteiger partial charge >= 0.3 is 0 Å². The molecule has 1 aromatic rings. The summed E-state index contributed by atoms with van der Waals surface area (Å²) >= 11 is 0. The van der Waals surface area contributed by atoms with Gasteiger partial charge in [-0.2, -0.15) is 0 Å². The van der Waals surface area contributed by atoms with E-state index in [1.807, 2.05) is 0 Å². The average molecular weight is 234 g/mol. The van der Waals surface area contributed by atoms with Gasteiger partial charge in [0.15, 0.2) is 0 Å². The zero-order valence-corrected chi connectivity index (χ0v) is 11.2. The minimum absolute atomic E-state index is 0.628. The molecule has 0 unspecified atom stereocenters. The monoisotopic (exact) mass is 234 g/mol. The van der Waals surface area contributed by atoms with Crippen molar-refractivity contribution in [3.8, 4) is 0 Å². The van der Waals surface area contributed by atoms with Gasteiger partial charge in [0.05, 0.1) is 0 Å². The summed E-state index contributed by atoms with van der Waals surface area (Å²) in [5.41, 5.74) is 8.10. The van der Waals surface area contributed by atoms with E-state index >= 15 is 0 Å². The first-order valence-electron chi connectivity index (χ1n) is 6.71. The van der Waals surface area contributed by atoms with E-state index in [0.29, 0.717) is 6.54 Å². The molecule has 0 fully saturated rings. The van der Waals surface area contributed by atoms with E-state index < -0.39 is 0 Å². The van der Waals surface area contributed by atoms with Gasteiger partial charge in [0.2, 0.25) is 0 Å². The van der Waals surface area contributed by atoms with Crippen LogP contribution in [0.15, 0.2) is 24.3 Å². The number of hydrogen-bond donors (Lipinski definition) is 2.